The molecule has 1 aliphatic carbocycles. The van der Waals surface area contributed by atoms with Crippen molar-refractivity contribution in [1.82, 2.24) is 0 Å². The third kappa shape index (κ3) is 3.81. The first-order chi connectivity index (χ1) is 8.66. The Bertz CT molecular complexity index is 321. The van der Waals surface area contributed by atoms with E-state index in [0.717, 1.165) is 23.7 Å². The maximum Gasteiger partial charge on any atom is 0.0985 e. The molecule has 1 heterocycles. The number of fused-ring (bicyclic) bond motifs is 2. The van der Waals surface area contributed by atoms with Crippen LogP contribution in [0.3, 0.4) is 0 Å². The summed E-state index contributed by atoms with van der Waals surface area (Å²) >= 11 is 4.25. The minimum Gasteiger partial charge on any atom is -0.495 e. The molecule has 1 aliphatic heterocycles. The van der Waals surface area contributed by atoms with Gasteiger partial charge in [-0.05, 0) is 55.4 Å². The second kappa shape index (κ2) is 6.70. The highest BCUT2D eigenvalue weighted by Crippen LogP contribution is 2.39. The van der Waals surface area contributed by atoms with E-state index < -0.39 is 0 Å². The Kier molecular flexibility index (Phi) is 5.23. The van der Waals surface area contributed by atoms with Crippen molar-refractivity contribution in [3.63, 3.8) is 0 Å². The van der Waals surface area contributed by atoms with E-state index in [9.17, 15) is 0 Å². The highest BCUT2D eigenvalue weighted by atomic mass is 32.1. The summed E-state index contributed by atoms with van der Waals surface area (Å²) in [4.78, 5) is 0.963. The lowest BCUT2D eigenvalue weighted by Crippen LogP contribution is -2.31. The lowest BCUT2D eigenvalue weighted by Gasteiger charge is -2.38. The molecular weight excluding hydrogens is 240 g/mol. The van der Waals surface area contributed by atoms with Gasteiger partial charge in [-0.25, -0.2) is 0 Å². The van der Waals surface area contributed by atoms with Gasteiger partial charge in [-0.1, -0.05) is 26.3 Å². The molecule has 0 aromatic heterocycles. The summed E-state index contributed by atoms with van der Waals surface area (Å²) in [5.74, 6) is 2.69. The number of allylic oxidation sites excluding steroid dienone is 3. The quantitative estimate of drug-likeness (QED) is 0.699. The number of thiol groups is 1. The van der Waals surface area contributed by atoms with Crippen LogP contribution < -0.4 is 0 Å². The average Bonchev–Trinajstić information content (AvgIpc) is 2.29. The molecule has 3 atom stereocenters. The van der Waals surface area contributed by atoms with Gasteiger partial charge in [0.2, 0.25) is 0 Å². The van der Waals surface area contributed by atoms with Crippen molar-refractivity contribution in [1.29, 1.82) is 0 Å². The lowest BCUT2D eigenvalue weighted by atomic mass is 9.78. The zero-order chi connectivity index (χ0) is 13.0. The van der Waals surface area contributed by atoms with Crippen LogP contribution in [0.4, 0.5) is 0 Å². The molecule has 0 amide bonds. The van der Waals surface area contributed by atoms with Crippen LogP contribution in [0.2, 0.25) is 0 Å². The predicted octanol–water partition coefficient (Wildman–Crippen LogP) is 5.10. The molecule has 0 N–H and O–H groups in total. The molecule has 102 valence electrons. The number of rotatable bonds is 3. The zero-order valence-corrected chi connectivity index (χ0v) is 12.4. The summed E-state index contributed by atoms with van der Waals surface area (Å²) in [5.41, 5.74) is 0. The second-order valence-corrected chi connectivity index (χ2v) is 6.51. The molecule has 0 aromatic carbocycles. The Balaban J connectivity index is 1.99. The molecule has 0 aromatic rings. The van der Waals surface area contributed by atoms with E-state index in [2.05, 4.69) is 32.2 Å². The van der Waals surface area contributed by atoms with Gasteiger partial charge in [0.25, 0.3) is 0 Å². The molecule has 1 nitrogen and oxygen atoms in total. The average molecular weight is 266 g/mol. The molecule has 2 fully saturated rings. The molecule has 18 heavy (non-hydrogen) atoms. The van der Waals surface area contributed by atoms with Crippen molar-refractivity contribution in [3.05, 3.63) is 23.3 Å². The van der Waals surface area contributed by atoms with Crippen LogP contribution in [-0.4, -0.2) is 6.10 Å². The largest absolute Gasteiger partial charge is 0.495 e. The summed E-state index contributed by atoms with van der Waals surface area (Å²) < 4.78 is 6.19. The van der Waals surface area contributed by atoms with E-state index in [0.29, 0.717) is 12.0 Å². The summed E-state index contributed by atoms with van der Waals surface area (Å²) in [6.07, 6.45) is 12.8. The second-order valence-electron chi connectivity index (χ2n) is 5.87. The first-order valence-corrected chi connectivity index (χ1v) is 7.85. The highest BCUT2D eigenvalue weighted by molar-refractivity contribution is 7.84. The Morgan fingerprint density at radius 2 is 2.17 bits per heavy atom. The third-order valence-electron chi connectivity index (χ3n) is 4.40. The van der Waals surface area contributed by atoms with Crippen molar-refractivity contribution < 1.29 is 4.74 Å². The molecule has 2 heteroatoms. The van der Waals surface area contributed by atoms with E-state index in [1.807, 2.05) is 0 Å². The Morgan fingerprint density at radius 1 is 1.39 bits per heavy atom. The van der Waals surface area contributed by atoms with Crippen LogP contribution >= 0.6 is 12.6 Å². The number of hydrogen-bond acceptors (Lipinski definition) is 2. The van der Waals surface area contributed by atoms with Gasteiger partial charge in [-0.2, -0.15) is 0 Å². The maximum atomic E-state index is 6.19. The van der Waals surface area contributed by atoms with Gasteiger partial charge in [0.1, 0.15) is 0 Å². The zero-order valence-electron chi connectivity index (χ0n) is 11.5. The normalized spacial score (nSPS) is 34.6. The van der Waals surface area contributed by atoms with Crippen LogP contribution in [0, 0.1) is 11.8 Å². The van der Waals surface area contributed by atoms with Gasteiger partial charge in [0.05, 0.1) is 11.9 Å². The smallest absolute Gasteiger partial charge is 0.0985 e. The molecule has 1 saturated carbocycles. The van der Waals surface area contributed by atoms with E-state index in [4.69, 9.17) is 4.74 Å². The standard InChI is InChI=1S/C16H26OS/c1-12(18)7-6-10-16-13(2)14-8-4-3-5-9-15(11-14)17-16/h10,13-15,18H,1,3-9,11H2,2H3/b16-10+. The Labute approximate surface area is 117 Å². The van der Waals surface area contributed by atoms with Crippen LogP contribution in [-0.2, 0) is 4.74 Å². The molecule has 0 spiro atoms. The number of hydrogen-bond donors (Lipinski definition) is 1. The molecule has 0 radical (unpaired) electrons. The van der Waals surface area contributed by atoms with Crippen molar-refractivity contribution >= 4 is 12.6 Å². The first-order valence-electron chi connectivity index (χ1n) is 7.40. The molecule has 1 saturated heterocycles. The van der Waals surface area contributed by atoms with Crippen LogP contribution in [0.5, 0.6) is 0 Å². The minimum atomic E-state index is 0.483. The minimum absolute atomic E-state index is 0.483. The predicted molar refractivity (Wildman–Crippen MR) is 80.7 cm³/mol. The van der Waals surface area contributed by atoms with Crippen LogP contribution in [0.15, 0.2) is 23.3 Å². The van der Waals surface area contributed by atoms with Gasteiger partial charge in [-0.3, -0.25) is 0 Å². The molecule has 3 unspecified atom stereocenters. The van der Waals surface area contributed by atoms with Crippen molar-refractivity contribution in [2.75, 3.05) is 0 Å². The summed E-state index contributed by atoms with van der Waals surface area (Å²) in [6.45, 7) is 6.17. The van der Waals surface area contributed by atoms with Gasteiger partial charge in [0, 0.05) is 5.92 Å². The fraction of sp³-hybridized carbons (Fsp3) is 0.750. The van der Waals surface area contributed by atoms with Crippen molar-refractivity contribution in [3.8, 4) is 0 Å². The molecule has 2 rings (SSSR count). The van der Waals surface area contributed by atoms with Gasteiger partial charge in [-0.15, -0.1) is 12.6 Å². The van der Waals surface area contributed by atoms with Crippen molar-refractivity contribution in [2.24, 2.45) is 11.8 Å². The molecule has 2 bridgehead atoms. The van der Waals surface area contributed by atoms with E-state index in [-0.39, 0.29) is 0 Å². The topological polar surface area (TPSA) is 9.23 Å². The van der Waals surface area contributed by atoms with Gasteiger partial charge < -0.3 is 4.74 Å². The maximum absolute atomic E-state index is 6.19. The lowest BCUT2D eigenvalue weighted by molar-refractivity contribution is 0.00149. The van der Waals surface area contributed by atoms with E-state index in [1.54, 1.807) is 0 Å². The monoisotopic (exact) mass is 266 g/mol. The summed E-state index contributed by atoms with van der Waals surface area (Å²) in [5, 5.41) is 0. The first kappa shape index (κ1) is 14.0. The third-order valence-corrected chi connectivity index (χ3v) is 4.63. The number of ether oxygens (including phenoxy) is 1. The SMILES string of the molecule is C=C(S)CC/C=C1/OC2CCCCCC(C2)C1C. The summed E-state index contributed by atoms with van der Waals surface area (Å²) in [6, 6.07) is 0. The van der Waals surface area contributed by atoms with Crippen LogP contribution in [0.1, 0.15) is 58.3 Å². The van der Waals surface area contributed by atoms with Gasteiger partial charge >= 0.3 is 0 Å². The van der Waals surface area contributed by atoms with E-state index in [1.165, 1.54) is 44.3 Å². The van der Waals surface area contributed by atoms with Gasteiger partial charge in [0.15, 0.2) is 0 Å². The fourth-order valence-corrected chi connectivity index (χ4v) is 3.37. The molecular formula is C16H26OS. The van der Waals surface area contributed by atoms with Crippen LogP contribution in [0.25, 0.3) is 0 Å². The fourth-order valence-electron chi connectivity index (χ4n) is 3.24. The summed E-state index contributed by atoms with van der Waals surface area (Å²) in [7, 11) is 0. The Hall–Kier alpha value is -0.370. The highest BCUT2D eigenvalue weighted by Gasteiger charge is 2.32. The molecule has 2 aliphatic rings. The van der Waals surface area contributed by atoms with Crippen molar-refractivity contribution in [2.45, 2.75) is 64.4 Å². The van der Waals surface area contributed by atoms with E-state index >= 15 is 0 Å². The Morgan fingerprint density at radius 3 is 2.94 bits per heavy atom.